The van der Waals surface area contributed by atoms with E-state index in [1.165, 1.54) is 21.8 Å². The SMILES string of the molecule is CN1C(=O)c2c(OCc3ccccc3)c(=O)c(C(=O)NCc3ccc(F)cc3F)cn2N(CCO)C12CCOC2. The number of aliphatic hydroxyl groups is 1. The zero-order valence-electron chi connectivity index (χ0n) is 21.7. The fraction of sp³-hybridized carbons (Fsp3) is 0.321. The molecule has 210 valence electrons. The van der Waals surface area contributed by atoms with Crippen LogP contribution in [0.3, 0.4) is 0 Å². The van der Waals surface area contributed by atoms with Gasteiger partial charge in [0.05, 0.1) is 26.4 Å². The number of fused-ring (bicyclic) bond motifs is 1. The van der Waals surface area contributed by atoms with Crippen molar-refractivity contribution < 1.29 is 33.0 Å². The monoisotopic (exact) mass is 554 g/mol. The highest BCUT2D eigenvalue weighted by molar-refractivity contribution is 6.00. The van der Waals surface area contributed by atoms with E-state index < -0.39 is 34.5 Å². The number of aromatic nitrogens is 1. The number of nitrogens with one attached hydrogen (secondary N) is 1. The molecule has 1 fully saturated rings. The van der Waals surface area contributed by atoms with Crippen LogP contribution in [0.5, 0.6) is 5.75 Å². The van der Waals surface area contributed by atoms with Gasteiger partial charge in [0.1, 0.15) is 23.8 Å². The van der Waals surface area contributed by atoms with Gasteiger partial charge in [-0.15, -0.1) is 0 Å². The molecule has 1 saturated heterocycles. The molecule has 2 aliphatic heterocycles. The van der Waals surface area contributed by atoms with Crippen LogP contribution in [-0.2, 0) is 17.9 Å². The van der Waals surface area contributed by atoms with Crippen LogP contribution in [0.4, 0.5) is 8.78 Å². The zero-order valence-corrected chi connectivity index (χ0v) is 21.7. The lowest BCUT2D eigenvalue weighted by molar-refractivity contribution is 0.0279. The summed E-state index contributed by atoms with van der Waals surface area (Å²) in [5.41, 5.74) is -1.51. The van der Waals surface area contributed by atoms with Crippen LogP contribution < -0.4 is 20.5 Å². The minimum absolute atomic E-state index is 0.0223. The Balaban J connectivity index is 1.59. The Morgan fingerprint density at radius 2 is 1.95 bits per heavy atom. The molecule has 3 heterocycles. The number of carbonyl (C=O) groups is 2. The Morgan fingerprint density at radius 3 is 2.62 bits per heavy atom. The molecular formula is C28H28F2N4O6. The minimum Gasteiger partial charge on any atom is -0.482 e. The number of nitrogens with zero attached hydrogens (tertiary/aromatic N) is 3. The summed E-state index contributed by atoms with van der Waals surface area (Å²) in [6.07, 6.45) is 1.65. The molecule has 0 bridgehead atoms. The van der Waals surface area contributed by atoms with Gasteiger partial charge in [0, 0.05) is 37.8 Å². The van der Waals surface area contributed by atoms with E-state index in [2.05, 4.69) is 5.32 Å². The highest BCUT2D eigenvalue weighted by Crippen LogP contribution is 2.36. The van der Waals surface area contributed by atoms with Crippen molar-refractivity contribution in [2.45, 2.75) is 25.2 Å². The summed E-state index contributed by atoms with van der Waals surface area (Å²) in [5.74, 6) is -3.30. The molecule has 2 amide bonds. The Kier molecular flexibility index (Phi) is 7.55. The number of ether oxygens (including phenoxy) is 2. The number of hydrogen-bond acceptors (Lipinski definition) is 7. The smallest absolute Gasteiger partial charge is 0.278 e. The molecular weight excluding hydrogens is 526 g/mol. The van der Waals surface area contributed by atoms with Crippen molar-refractivity contribution in [2.75, 3.05) is 38.4 Å². The number of rotatable bonds is 8. The normalized spacial score (nSPS) is 18.2. The molecule has 1 atom stereocenters. The van der Waals surface area contributed by atoms with Gasteiger partial charge in [-0.3, -0.25) is 24.1 Å². The number of amides is 2. The topological polar surface area (TPSA) is 113 Å². The predicted molar refractivity (Wildman–Crippen MR) is 139 cm³/mol. The van der Waals surface area contributed by atoms with Crippen LogP contribution in [0.25, 0.3) is 0 Å². The van der Waals surface area contributed by atoms with Crippen molar-refractivity contribution in [3.8, 4) is 5.75 Å². The van der Waals surface area contributed by atoms with Gasteiger partial charge in [0.2, 0.25) is 5.43 Å². The molecule has 10 nitrogen and oxygen atoms in total. The largest absolute Gasteiger partial charge is 0.482 e. The quantitative estimate of drug-likeness (QED) is 0.437. The number of halogens is 2. The molecule has 2 aromatic carbocycles. The third-order valence-corrected chi connectivity index (χ3v) is 7.24. The first-order valence-corrected chi connectivity index (χ1v) is 12.7. The maximum Gasteiger partial charge on any atom is 0.278 e. The second kappa shape index (κ2) is 11.1. The van der Waals surface area contributed by atoms with Gasteiger partial charge in [0.15, 0.2) is 17.1 Å². The molecule has 0 radical (unpaired) electrons. The molecule has 1 unspecified atom stereocenters. The van der Waals surface area contributed by atoms with E-state index in [0.29, 0.717) is 19.1 Å². The third kappa shape index (κ3) is 4.80. The van der Waals surface area contributed by atoms with Gasteiger partial charge < -0.3 is 24.8 Å². The van der Waals surface area contributed by atoms with Crippen molar-refractivity contribution in [3.05, 3.63) is 99.0 Å². The van der Waals surface area contributed by atoms with Gasteiger partial charge in [0.25, 0.3) is 11.8 Å². The fourth-order valence-corrected chi connectivity index (χ4v) is 5.07. The molecule has 1 aromatic heterocycles. The molecule has 5 rings (SSSR count). The summed E-state index contributed by atoms with van der Waals surface area (Å²) in [7, 11) is 1.59. The summed E-state index contributed by atoms with van der Waals surface area (Å²) < 4.78 is 40.4. The molecule has 0 saturated carbocycles. The van der Waals surface area contributed by atoms with Crippen LogP contribution in [0.1, 0.15) is 38.4 Å². The molecule has 2 aliphatic rings. The average molecular weight is 555 g/mol. The lowest BCUT2D eigenvalue weighted by Crippen LogP contribution is -2.70. The molecule has 40 heavy (non-hydrogen) atoms. The van der Waals surface area contributed by atoms with Crippen molar-refractivity contribution in [3.63, 3.8) is 0 Å². The highest BCUT2D eigenvalue weighted by atomic mass is 19.1. The van der Waals surface area contributed by atoms with Gasteiger partial charge in [-0.25, -0.2) is 8.78 Å². The van der Waals surface area contributed by atoms with Crippen LogP contribution in [0.2, 0.25) is 0 Å². The number of carbonyl (C=O) groups excluding carboxylic acids is 2. The fourth-order valence-electron chi connectivity index (χ4n) is 5.07. The Morgan fingerprint density at radius 1 is 1.18 bits per heavy atom. The highest BCUT2D eigenvalue weighted by Gasteiger charge is 2.52. The summed E-state index contributed by atoms with van der Waals surface area (Å²) in [5, 5.41) is 14.1. The standard InChI is InChI=1S/C28H28F2N4O6/c1-32-27(38)23-25(40-16-18-5-3-2-4-6-18)24(36)21(26(37)31-14-19-7-8-20(29)13-22(19)30)15-33(23)34(10-11-35)28(32)9-12-39-17-28/h2-8,13,15,35H,9-12,14,16-17H2,1H3,(H,31,37). The summed E-state index contributed by atoms with van der Waals surface area (Å²) in [4.78, 5) is 42.2. The van der Waals surface area contributed by atoms with E-state index in [1.807, 2.05) is 6.07 Å². The molecule has 2 N–H and O–H groups in total. The maximum atomic E-state index is 14.2. The number of β-amino-alcohol motifs (C(OH)–C–C–N with tert-alkyl or cyclic N) is 1. The van der Waals surface area contributed by atoms with Gasteiger partial charge in [-0.05, 0) is 11.6 Å². The second-order valence-electron chi connectivity index (χ2n) is 9.58. The van der Waals surface area contributed by atoms with E-state index in [-0.39, 0.29) is 55.5 Å². The van der Waals surface area contributed by atoms with Crippen LogP contribution >= 0.6 is 0 Å². The Hall–Kier alpha value is -4.29. The summed E-state index contributed by atoms with van der Waals surface area (Å²) in [6.45, 7) is -0.0977. The number of aliphatic hydroxyl groups excluding tert-OH is 1. The number of hydrogen-bond donors (Lipinski definition) is 2. The van der Waals surface area contributed by atoms with Gasteiger partial charge in [-0.2, -0.15) is 0 Å². The van der Waals surface area contributed by atoms with Crippen molar-refractivity contribution in [1.82, 2.24) is 14.9 Å². The first-order valence-electron chi connectivity index (χ1n) is 12.7. The molecule has 1 spiro atoms. The van der Waals surface area contributed by atoms with Crippen LogP contribution in [0.15, 0.2) is 59.5 Å². The van der Waals surface area contributed by atoms with E-state index >= 15 is 0 Å². The Labute approximate surface area is 228 Å². The van der Waals surface area contributed by atoms with Crippen molar-refractivity contribution >= 4 is 11.8 Å². The van der Waals surface area contributed by atoms with Crippen molar-refractivity contribution in [2.24, 2.45) is 0 Å². The minimum atomic E-state index is -0.969. The lowest BCUT2D eigenvalue weighted by Gasteiger charge is -2.52. The third-order valence-electron chi connectivity index (χ3n) is 7.24. The molecule has 12 heteroatoms. The number of likely N-dealkylation sites (N-methyl/N-ethyl adjacent to an activating group) is 1. The molecule has 3 aromatic rings. The van der Waals surface area contributed by atoms with Crippen LogP contribution in [0, 0.1) is 11.6 Å². The lowest BCUT2D eigenvalue weighted by atomic mass is 10.0. The van der Waals surface area contributed by atoms with E-state index in [0.717, 1.165) is 11.6 Å². The predicted octanol–water partition coefficient (Wildman–Crippen LogP) is 1.77. The Bertz CT molecular complexity index is 1490. The van der Waals surface area contributed by atoms with Gasteiger partial charge in [-0.1, -0.05) is 36.4 Å². The zero-order chi connectivity index (χ0) is 28.4. The first-order chi connectivity index (χ1) is 19.3. The van der Waals surface area contributed by atoms with E-state index in [1.54, 1.807) is 36.3 Å². The van der Waals surface area contributed by atoms with Gasteiger partial charge >= 0.3 is 0 Å². The van der Waals surface area contributed by atoms with Crippen molar-refractivity contribution in [1.29, 1.82) is 0 Å². The maximum absolute atomic E-state index is 14.2. The number of pyridine rings is 1. The van der Waals surface area contributed by atoms with E-state index in [4.69, 9.17) is 9.47 Å². The van der Waals surface area contributed by atoms with Crippen LogP contribution in [-0.4, -0.2) is 65.6 Å². The summed E-state index contributed by atoms with van der Waals surface area (Å²) >= 11 is 0. The summed E-state index contributed by atoms with van der Waals surface area (Å²) in [6, 6.07) is 11.9. The molecule has 0 aliphatic carbocycles. The first kappa shape index (κ1) is 27.3. The second-order valence-corrected chi connectivity index (χ2v) is 9.58. The van der Waals surface area contributed by atoms with E-state index in [9.17, 15) is 28.3 Å². The average Bonchev–Trinajstić information content (AvgIpc) is 3.44. The number of benzene rings is 2.